The minimum Gasteiger partial charge on any atom is -0.387 e. The van der Waals surface area contributed by atoms with Gasteiger partial charge in [0.1, 0.15) is 6.07 Å². The van der Waals surface area contributed by atoms with E-state index in [1.54, 1.807) is 24.2 Å². The second kappa shape index (κ2) is 9.39. The number of hydrogen-bond acceptors (Lipinski definition) is 5. The lowest BCUT2D eigenvalue weighted by Gasteiger charge is -2.59. The summed E-state index contributed by atoms with van der Waals surface area (Å²) in [5.74, 6) is 3.96. The Morgan fingerprint density at radius 2 is 1.94 bits per heavy atom. The molecule has 1 aromatic rings. The molecule has 0 spiro atoms. The third-order valence-electron chi connectivity index (χ3n) is 10.6. The quantitative estimate of drug-likeness (QED) is 0.675. The van der Waals surface area contributed by atoms with Gasteiger partial charge in [-0.2, -0.15) is 10.4 Å². The van der Waals surface area contributed by atoms with Crippen LogP contribution in [0, 0.1) is 52.3 Å². The smallest absolute Gasteiger partial charge is 0.157 e. The van der Waals surface area contributed by atoms with E-state index in [0.29, 0.717) is 23.9 Å². The van der Waals surface area contributed by atoms with Crippen LogP contribution in [0.2, 0.25) is 0 Å². The summed E-state index contributed by atoms with van der Waals surface area (Å²) in [6.07, 6.45) is 15.6. The fourth-order valence-corrected chi connectivity index (χ4v) is 8.97. The summed E-state index contributed by atoms with van der Waals surface area (Å²) < 4.78 is 7.01. The van der Waals surface area contributed by atoms with Crippen molar-refractivity contribution < 1.29 is 14.6 Å². The Kier molecular flexibility index (Phi) is 6.63. The first-order chi connectivity index (χ1) is 16.4. The Morgan fingerprint density at radius 1 is 1.15 bits per heavy atom. The summed E-state index contributed by atoms with van der Waals surface area (Å²) in [5, 5.41) is 24.4. The van der Waals surface area contributed by atoms with Gasteiger partial charge >= 0.3 is 0 Å². The van der Waals surface area contributed by atoms with Crippen molar-refractivity contribution in [2.24, 2.45) is 40.9 Å². The molecule has 0 aromatic carbocycles. The lowest BCUT2D eigenvalue weighted by atomic mass is 9.45. The first-order valence-corrected chi connectivity index (χ1v) is 13.5. The molecule has 6 heteroatoms. The van der Waals surface area contributed by atoms with Crippen molar-refractivity contribution in [2.45, 2.75) is 89.7 Å². The van der Waals surface area contributed by atoms with Crippen LogP contribution in [0.15, 0.2) is 12.4 Å². The highest BCUT2D eigenvalue weighted by Crippen LogP contribution is 2.63. The minimum atomic E-state index is -0.648. The van der Waals surface area contributed by atoms with Crippen LogP contribution >= 0.6 is 0 Å². The van der Waals surface area contributed by atoms with Gasteiger partial charge in [0.2, 0.25) is 0 Å². The Bertz CT molecular complexity index is 938. The average molecular weight is 468 g/mol. The molecule has 1 heterocycles. The normalized spacial score (nSPS) is 41.9. The molecule has 4 saturated carbocycles. The number of nitriles is 1. The molecule has 0 bridgehead atoms. The van der Waals surface area contributed by atoms with Crippen LogP contribution in [-0.2, 0) is 16.1 Å². The van der Waals surface area contributed by atoms with E-state index < -0.39 is 5.60 Å². The van der Waals surface area contributed by atoms with Crippen LogP contribution in [-0.4, -0.2) is 40.0 Å². The molecule has 0 radical (unpaired) electrons. The van der Waals surface area contributed by atoms with E-state index in [0.717, 1.165) is 68.6 Å². The Hall–Kier alpha value is -1.71. The molecule has 1 aromatic heterocycles. The topological polar surface area (TPSA) is 88.1 Å². The molecular weight excluding hydrogens is 426 g/mol. The molecule has 0 aliphatic heterocycles. The van der Waals surface area contributed by atoms with Crippen molar-refractivity contribution in [3.63, 3.8) is 0 Å². The van der Waals surface area contributed by atoms with Gasteiger partial charge in [-0.25, -0.2) is 0 Å². The van der Waals surface area contributed by atoms with Crippen LogP contribution in [0.25, 0.3) is 0 Å². The number of aliphatic hydroxyl groups is 1. The standard InChI is InChI=1S/C28H41N3O3/c1-27-11-9-22-21-10-13-28(33,18-34-2)12-8-20(21)6-7-23(22)24(27)4-3-5-25(27)26(32)17-31-16-19(14-29)15-30-31/h15-16,20-25,33H,3-13,17-18H2,1-2H3/t20-,21+,22-,23-,24+,25-,27+,28+/m1/s1. The van der Waals surface area contributed by atoms with Gasteiger partial charge in [-0.3, -0.25) is 9.48 Å². The molecule has 4 aliphatic rings. The lowest BCUT2D eigenvalue weighted by molar-refractivity contribution is -0.143. The number of Topliss-reactive ketones (excluding diaryl/α,β-unsaturated/α-hetero) is 1. The zero-order valence-corrected chi connectivity index (χ0v) is 20.9. The van der Waals surface area contributed by atoms with E-state index in [-0.39, 0.29) is 17.9 Å². The third kappa shape index (κ3) is 4.24. The molecule has 1 N–H and O–H groups in total. The van der Waals surface area contributed by atoms with Crippen molar-refractivity contribution in [3.05, 3.63) is 18.0 Å². The van der Waals surface area contributed by atoms with Gasteiger partial charge < -0.3 is 9.84 Å². The highest BCUT2D eigenvalue weighted by Gasteiger charge is 2.56. The fourth-order valence-electron chi connectivity index (χ4n) is 8.97. The Morgan fingerprint density at radius 3 is 2.71 bits per heavy atom. The summed E-state index contributed by atoms with van der Waals surface area (Å²) >= 11 is 0. The molecule has 0 saturated heterocycles. The molecule has 5 rings (SSSR count). The number of methoxy groups -OCH3 is 1. The second-order valence-corrected chi connectivity index (χ2v) is 12.2. The van der Waals surface area contributed by atoms with Crippen molar-refractivity contribution in [2.75, 3.05) is 13.7 Å². The SMILES string of the molecule is COC[C@]1(O)CC[C@H]2CC[C@@H]3[C@H](CC[C@]4(C)[C@@H](C(=O)Cn5cc(C#N)cn5)CCC[C@@H]34)[C@H]2CC1. The number of ether oxygens (including phenoxy) is 1. The van der Waals surface area contributed by atoms with Gasteiger partial charge in [-0.15, -0.1) is 0 Å². The molecule has 4 fully saturated rings. The van der Waals surface area contributed by atoms with Crippen LogP contribution in [0.4, 0.5) is 0 Å². The number of hydrogen-bond donors (Lipinski definition) is 1. The summed E-state index contributed by atoms with van der Waals surface area (Å²) in [7, 11) is 1.70. The predicted molar refractivity (Wildman–Crippen MR) is 129 cm³/mol. The van der Waals surface area contributed by atoms with Crippen LogP contribution in [0.3, 0.4) is 0 Å². The Balaban J connectivity index is 1.31. The molecule has 8 atom stereocenters. The molecule has 6 nitrogen and oxygen atoms in total. The van der Waals surface area contributed by atoms with E-state index in [2.05, 4.69) is 18.1 Å². The van der Waals surface area contributed by atoms with Crippen molar-refractivity contribution >= 4 is 5.78 Å². The van der Waals surface area contributed by atoms with Gasteiger partial charge in [0, 0.05) is 19.2 Å². The van der Waals surface area contributed by atoms with Crippen molar-refractivity contribution in [1.29, 1.82) is 5.26 Å². The molecule has 0 unspecified atom stereocenters. The maximum absolute atomic E-state index is 13.5. The van der Waals surface area contributed by atoms with Gasteiger partial charge in [0.05, 0.1) is 30.5 Å². The van der Waals surface area contributed by atoms with Crippen LogP contribution < -0.4 is 0 Å². The summed E-state index contributed by atoms with van der Waals surface area (Å²) in [6.45, 7) is 3.15. The number of aromatic nitrogens is 2. The first kappa shape index (κ1) is 24.0. The number of carbonyl (C=O) groups excluding carboxylic acids is 1. The van der Waals surface area contributed by atoms with Crippen molar-refractivity contribution in [1.82, 2.24) is 9.78 Å². The monoisotopic (exact) mass is 467 g/mol. The maximum atomic E-state index is 13.5. The van der Waals surface area contributed by atoms with E-state index in [9.17, 15) is 9.90 Å². The van der Waals surface area contributed by atoms with Gasteiger partial charge in [0.15, 0.2) is 5.78 Å². The zero-order valence-electron chi connectivity index (χ0n) is 20.9. The van der Waals surface area contributed by atoms with E-state index in [1.165, 1.54) is 25.7 Å². The molecular formula is C28H41N3O3. The summed E-state index contributed by atoms with van der Waals surface area (Å²) in [4.78, 5) is 13.5. The van der Waals surface area contributed by atoms with E-state index in [1.807, 2.05) is 0 Å². The first-order valence-electron chi connectivity index (χ1n) is 13.5. The number of nitrogens with zero attached hydrogens (tertiary/aromatic N) is 3. The number of carbonyl (C=O) groups is 1. The number of rotatable bonds is 5. The highest BCUT2D eigenvalue weighted by atomic mass is 16.5. The lowest BCUT2D eigenvalue weighted by Crippen LogP contribution is -2.53. The molecule has 186 valence electrons. The number of fused-ring (bicyclic) bond motifs is 5. The average Bonchev–Trinajstić information content (AvgIpc) is 3.21. The molecule has 34 heavy (non-hydrogen) atoms. The minimum absolute atomic E-state index is 0.0794. The Labute approximate surface area is 204 Å². The highest BCUT2D eigenvalue weighted by molar-refractivity contribution is 5.81. The van der Waals surface area contributed by atoms with Gasteiger partial charge in [-0.1, -0.05) is 13.3 Å². The predicted octanol–water partition coefficient (Wildman–Crippen LogP) is 4.75. The molecule has 0 amide bonds. The van der Waals surface area contributed by atoms with Crippen LogP contribution in [0.1, 0.15) is 83.1 Å². The second-order valence-electron chi connectivity index (χ2n) is 12.2. The van der Waals surface area contributed by atoms with E-state index >= 15 is 0 Å². The third-order valence-corrected chi connectivity index (χ3v) is 10.6. The maximum Gasteiger partial charge on any atom is 0.157 e. The fraction of sp³-hybridized carbons (Fsp3) is 0.821. The molecule has 4 aliphatic carbocycles. The largest absolute Gasteiger partial charge is 0.387 e. The van der Waals surface area contributed by atoms with Gasteiger partial charge in [0.25, 0.3) is 0 Å². The van der Waals surface area contributed by atoms with Crippen molar-refractivity contribution in [3.8, 4) is 6.07 Å². The number of ketones is 1. The summed E-state index contributed by atoms with van der Waals surface area (Å²) in [6, 6.07) is 2.11. The summed E-state index contributed by atoms with van der Waals surface area (Å²) in [5.41, 5.74) is -0.0558. The zero-order chi connectivity index (χ0) is 23.9. The van der Waals surface area contributed by atoms with Crippen LogP contribution in [0.5, 0.6) is 0 Å². The van der Waals surface area contributed by atoms with E-state index in [4.69, 9.17) is 10.00 Å². The van der Waals surface area contributed by atoms with Gasteiger partial charge in [-0.05, 0) is 99.2 Å².